The maximum atomic E-state index is 5.71. The molecule has 1 aliphatic carbocycles. The largest absolute Gasteiger partial charge is 0.368 e. The molecule has 8 nitrogen and oxygen atoms in total. The molecule has 3 rings (SSSR count). The molecular formula is C10H14N8. The summed E-state index contributed by atoms with van der Waals surface area (Å²) in [5.41, 5.74) is 5.71. The van der Waals surface area contributed by atoms with Crippen LogP contribution in [-0.2, 0) is 0 Å². The van der Waals surface area contributed by atoms with E-state index >= 15 is 0 Å². The van der Waals surface area contributed by atoms with Crippen molar-refractivity contribution in [2.24, 2.45) is 0 Å². The van der Waals surface area contributed by atoms with Crippen molar-refractivity contribution in [3.63, 3.8) is 0 Å². The lowest BCUT2D eigenvalue weighted by atomic mass is 9.92. The van der Waals surface area contributed by atoms with Crippen LogP contribution in [0.25, 0.3) is 5.95 Å². The standard InChI is InChI=1S/C10H14N8/c1-17(7-3-2-4-7)9-14-8(11)15-10(16-9)18-6-12-5-13-18/h5-7H,2-4H2,1H3,(H2,11,14,15,16). The van der Waals surface area contributed by atoms with E-state index in [9.17, 15) is 0 Å². The number of nitrogen functional groups attached to an aromatic ring is 1. The number of rotatable bonds is 3. The van der Waals surface area contributed by atoms with Gasteiger partial charge >= 0.3 is 0 Å². The minimum atomic E-state index is 0.191. The van der Waals surface area contributed by atoms with Gasteiger partial charge in [-0.1, -0.05) is 0 Å². The topological polar surface area (TPSA) is 98.6 Å². The Hall–Kier alpha value is -2.25. The molecule has 2 aromatic heterocycles. The molecule has 0 atom stereocenters. The van der Waals surface area contributed by atoms with Crippen molar-refractivity contribution in [2.75, 3.05) is 17.7 Å². The fraction of sp³-hybridized carbons (Fsp3) is 0.500. The number of hydrogen-bond donors (Lipinski definition) is 1. The lowest BCUT2D eigenvalue weighted by Crippen LogP contribution is -2.38. The molecule has 0 unspecified atom stereocenters. The number of anilines is 2. The fourth-order valence-corrected chi connectivity index (χ4v) is 1.88. The van der Waals surface area contributed by atoms with Crippen molar-refractivity contribution in [2.45, 2.75) is 25.3 Å². The van der Waals surface area contributed by atoms with Gasteiger partial charge in [0.25, 0.3) is 5.95 Å². The van der Waals surface area contributed by atoms with Crippen LogP contribution in [0.2, 0.25) is 0 Å². The molecule has 0 aliphatic heterocycles. The van der Waals surface area contributed by atoms with E-state index in [0.717, 1.165) is 0 Å². The van der Waals surface area contributed by atoms with Gasteiger partial charge < -0.3 is 10.6 Å². The molecule has 2 N–H and O–H groups in total. The quantitative estimate of drug-likeness (QED) is 0.815. The van der Waals surface area contributed by atoms with Gasteiger partial charge in [-0.15, -0.1) is 0 Å². The lowest BCUT2D eigenvalue weighted by molar-refractivity contribution is 0.397. The fourth-order valence-electron chi connectivity index (χ4n) is 1.88. The van der Waals surface area contributed by atoms with Gasteiger partial charge in [0.15, 0.2) is 0 Å². The van der Waals surface area contributed by atoms with Gasteiger partial charge in [-0.05, 0) is 19.3 Å². The molecule has 0 spiro atoms. The predicted octanol–water partition coefficient (Wildman–Crippen LogP) is 0.0232. The molecule has 1 saturated carbocycles. The van der Waals surface area contributed by atoms with Gasteiger partial charge in [-0.3, -0.25) is 0 Å². The molecule has 0 saturated heterocycles. The van der Waals surface area contributed by atoms with E-state index in [0.29, 0.717) is 17.9 Å². The molecule has 8 heteroatoms. The lowest BCUT2D eigenvalue weighted by Gasteiger charge is -2.34. The Balaban J connectivity index is 1.95. The van der Waals surface area contributed by atoms with Crippen molar-refractivity contribution < 1.29 is 0 Å². The number of aromatic nitrogens is 6. The Kier molecular flexibility index (Phi) is 2.54. The van der Waals surface area contributed by atoms with E-state index in [4.69, 9.17) is 5.73 Å². The van der Waals surface area contributed by atoms with E-state index in [1.54, 1.807) is 0 Å². The third kappa shape index (κ3) is 1.85. The van der Waals surface area contributed by atoms with Crippen LogP contribution >= 0.6 is 0 Å². The SMILES string of the molecule is CN(c1nc(N)nc(-n2cncn2)n1)C1CCC1. The first kappa shape index (κ1) is 10.9. The molecule has 0 bridgehead atoms. The molecule has 1 aliphatic rings. The van der Waals surface area contributed by atoms with Crippen LogP contribution in [0.4, 0.5) is 11.9 Å². The molecule has 1 fully saturated rings. The Morgan fingerprint density at radius 1 is 1.33 bits per heavy atom. The molecular weight excluding hydrogens is 232 g/mol. The van der Waals surface area contributed by atoms with E-state index in [2.05, 4.69) is 25.0 Å². The molecule has 0 amide bonds. The van der Waals surface area contributed by atoms with E-state index in [-0.39, 0.29) is 5.95 Å². The van der Waals surface area contributed by atoms with E-state index in [1.165, 1.54) is 36.6 Å². The first-order valence-corrected chi connectivity index (χ1v) is 5.83. The molecule has 2 heterocycles. The van der Waals surface area contributed by atoms with Crippen LogP contribution in [0.15, 0.2) is 12.7 Å². The molecule has 0 aromatic carbocycles. The van der Waals surface area contributed by atoms with Gasteiger partial charge in [-0.2, -0.15) is 24.7 Å². The van der Waals surface area contributed by atoms with Gasteiger partial charge in [-0.25, -0.2) is 4.98 Å². The van der Waals surface area contributed by atoms with Crippen LogP contribution in [0, 0.1) is 0 Å². The maximum absolute atomic E-state index is 5.71. The molecule has 0 radical (unpaired) electrons. The smallest absolute Gasteiger partial charge is 0.258 e. The first-order valence-electron chi connectivity index (χ1n) is 5.83. The highest BCUT2D eigenvalue weighted by molar-refractivity contribution is 5.38. The third-order valence-corrected chi connectivity index (χ3v) is 3.19. The normalized spacial score (nSPS) is 15.4. The second-order valence-corrected chi connectivity index (χ2v) is 4.33. The number of nitrogens with zero attached hydrogens (tertiary/aromatic N) is 7. The highest BCUT2D eigenvalue weighted by Crippen LogP contribution is 2.26. The Bertz CT molecular complexity index is 533. The summed E-state index contributed by atoms with van der Waals surface area (Å²) >= 11 is 0. The summed E-state index contributed by atoms with van der Waals surface area (Å²) in [7, 11) is 1.98. The summed E-state index contributed by atoms with van der Waals surface area (Å²) < 4.78 is 1.47. The van der Waals surface area contributed by atoms with Crippen molar-refractivity contribution in [3.05, 3.63) is 12.7 Å². The van der Waals surface area contributed by atoms with Crippen LogP contribution < -0.4 is 10.6 Å². The first-order chi connectivity index (χ1) is 8.74. The summed E-state index contributed by atoms with van der Waals surface area (Å²) in [6.07, 6.45) is 6.55. The van der Waals surface area contributed by atoms with Gasteiger partial charge in [0.05, 0.1) is 0 Å². The molecule has 94 valence electrons. The van der Waals surface area contributed by atoms with Crippen LogP contribution in [0.5, 0.6) is 0 Å². The minimum absolute atomic E-state index is 0.191. The average Bonchev–Trinajstić information content (AvgIpc) is 2.79. The highest BCUT2D eigenvalue weighted by atomic mass is 15.4. The summed E-state index contributed by atoms with van der Waals surface area (Å²) in [6.45, 7) is 0. The van der Waals surface area contributed by atoms with Gasteiger partial charge in [0.2, 0.25) is 11.9 Å². The Morgan fingerprint density at radius 2 is 2.17 bits per heavy atom. The van der Waals surface area contributed by atoms with Crippen molar-refractivity contribution in [1.29, 1.82) is 0 Å². The average molecular weight is 246 g/mol. The zero-order valence-electron chi connectivity index (χ0n) is 10.1. The van der Waals surface area contributed by atoms with Crippen LogP contribution in [-0.4, -0.2) is 42.8 Å². The van der Waals surface area contributed by atoms with Gasteiger partial charge in [0, 0.05) is 13.1 Å². The van der Waals surface area contributed by atoms with Crippen molar-refractivity contribution >= 4 is 11.9 Å². The number of hydrogen-bond acceptors (Lipinski definition) is 7. The molecule has 2 aromatic rings. The Morgan fingerprint density at radius 3 is 2.78 bits per heavy atom. The summed E-state index contributed by atoms with van der Waals surface area (Å²) in [5.74, 6) is 1.16. The zero-order valence-corrected chi connectivity index (χ0v) is 10.1. The predicted molar refractivity (Wildman–Crippen MR) is 65.2 cm³/mol. The highest BCUT2D eigenvalue weighted by Gasteiger charge is 2.24. The van der Waals surface area contributed by atoms with Crippen molar-refractivity contribution in [1.82, 2.24) is 29.7 Å². The van der Waals surface area contributed by atoms with Crippen LogP contribution in [0.1, 0.15) is 19.3 Å². The van der Waals surface area contributed by atoms with E-state index in [1.807, 2.05) is 11.9 Å². The van der Waals surface area contributed by atoms with Crippen molar-refractivity contribution in [3.8, 4) is 5.95 Å². The number of nitrogens with two attached hydrogens (primary N) is 1. The van der Waals surface area contributed by atoms with Crippen LogP contribution in [0.3, 0.4) is 0 Å². The Labute approximate surface area is 104 Å². The summed E-state index contributed by atoms with van der Waals surface area (Å²) in [5, 5.41) is 3.99. The minimum Gasteiger partial charge on any atom is -0.368 e. The second kappa shape index (κ2) is 4.21. The van der Waals surface area contributed by atoms with E-state index < -0.39 is 0 Å². The third-order valence-electron chi connectivity index (χ3n) is 3.19. The monoisotopic (exact) mass is 246 g/mol. The maximum Gasteiger partial charge on any atom is 0.258 e. The summed E-state index contributed by atoms with van der Waals surface area (Å²) in [4.78, 5) is 18.5. The molecule has 18 heavy (non-hydrogen) atoms. The summed E-state index contributed by atoms with van der Waals surface area (Å²) in [6, 6.07) is 0.496. The second-order valence-electron chi connectivity index (χ2n) is 4.33. The van der Waals surface area contributed by atoms with Gasteiger partial charge in [0.1, 0.15) is 12.7 Å². The zero-order chi connectivity index (χ0) is 12.5.